The molecule has 0 saturated carbocycles. The fourth-order valence-electron chi connectivity index (χ4n) is 2.15. The highest BCUT2D eigenvalue weighted by Gasteiger charge is 2.25. The minimum atomic E-state index is -4.46. The quantitative estimate of drug-likeness (QED) is 0.448. The second-order valence-electron chi connectivity index (χ2n) is 5.02. The molecule has 0 atom stereocenters. The summed E-state index contributed by atoms with van der Waals surface area (Å²) < 4.78 is 52.5. The van der Waals surface area contributed by atoms with Gasteiger partial charge in [0.2, 0.25) is 0 Å². The van der Waals surface area contributed by atoms with E-state index in [4.69, 9.17) is 10.3 Å². The highest BCUT2D eigenvalue weighted by atomic mass is 32.2. The molecule has 0 aliphatic heterocycles. The van der Waals surface area contributed by atoms with Gasteiger partial charge < -0.3 is 8.37 Å². The molecule has 150 valence electrons. The Bertz CT molecular complexity index is 1080. The minimum Gasteiger partial charge on any atom is -0.371 e. The number of nitro groups is 2. The second-order valence-corrected chi connectivity index (χ2v) is 7.33. The summed E-state index contributed by atoms with van der Waals surface area (Å²) >= 11 is 0. The first kappa shape index (κ1) is 21.0. The smallest absolute Gasteiger partial charge is 0.371 e. The molecule has 16 heteroatoms. The van der Waals surface area contributed by atoms with Crippen LogP contribution in [0.25, 0.3) is 11.1 Å². The highest BCUT2D eigenvalue weighted by molar-refractivity contribution is 7.85. The maximum atomic E-state index is 11.3. The van der Waals surface area contributed by atoms with E-state index in [0.717, 1.165) is 24.3 Å². The molecule has 2 aromatic rings. The van der Waals surface area contributed by atoms with Gasteiger partial charge in [0.05, 0.1) is 33.1 Å². The van der Waals surface area contributed by atoms with E-state index in [-0.39, 0.29) is 11.1 Å². The number of hydrogen-bond acceptors (Lipinski definition) is 10. The topological polar surface area (TPSA) is 225 Å². The van der Waals surface area contributed by atoms with Gasteiger partial charge in [-0.1, -0.05) is 0 Å². The normalized spacial score (nSPS) is 11.6. The molecule has 0 saturated heterocycles. The van der Waals surface area contributed by atoms with Crippen LogP contribution in [0, 0.1) is 20.2 Å². The minimum absolute atomic E-state index is 0.277. The zero-order chi connectivity index (χ0) is 21.3. The molecule has 28 heavy (non-hydrogen) atoms. The van der Waals surface area contributed by atoms with Crippen molar-refractivity contribution in [3.05, 3.63) is 56.6 Å². The predicted octanol–water partition coefficient (Wildman–Crippen LogP) is 0.335. The van der Waals surface area contributed by atoms with E-state index in [2.05, 4.69) is 8.37 Å². The molecule has 4 N–H and O–H groups in total. The van der Waals surface area contributed by atoms with Gasteiger partial charge in [-0.05, 0) is 24.3 Å². The van der Waals surface area contributed by atoms with E-state index in [9.17, 15) is 37.1 Å². The number of rotatable bonds is 7. The molecular weight excluding hydrogens is 424 g/mol. The Hall–Kier alpha value is -3.34. The summed E-state index contributed by atoms with van der Waals surface area (Å²) in [5.41, 5.74) is -2.02. The van der Waals surface area contributed by atoms with Gasteiger partial charge in [-0.2, -0.15) is 27.1 Å². The van der Waals surface area contributed by atoms with E-state index in [1.165, 1.54) is 0 Å². The summed E-state index contributed by atoms with van der Waals surface area (Å²) in [7, 11) is -8.92. The Morgan fingerprint density at radius 2 is 1.04 bits per heavy atom. The third kappa shape index (κ3) is 5.33. The summed E-state index contributed by atoms with van der Waals surface area (Å²) in [6.45, 7) is 0. The van der Waals surface area contributed by atoms with E-state index >= 15 is 0 Å². The summed E-state index contributed by atoms with van der Waals surface area (Å²) in [6.07, 6.45) is 0. The van der Waals surface area contributed by atoms with Crippen molar-refractivity contribution in [3.8, 4) is 22.6 Å². The van der Waals surface area contributed by atoms with Crippen LogP contribution in [0.2, 0.25) is 0 Å². The van der Waals surface area contributed by atoms with Gasteiger partial charge in [0.1, 0.15) is 0 Å². The lowest BCUT2D eigenvalue weighted by Crippen LogP contribution is -2.19. The summed E-state index contributed by atoms with van der Waals surface area (Å²) in [5, 5.41) is 32.0. The molecule has 2 aromatic carbocycles. The SMILES string of the molecule is NS(=O)(=O)Oc1ccc(-c2ccc(OS(N)(=O)=O)cc2[N+](=O)[O-])c([N+](=O)[O-])c1. The molecule has 0 aromatic heterocycles. The molecule has 0 aliphatic rings. The zero-order valence-electron chi connectivity index (χ0n) is 13.4. The maximum absolute atomic E-state index is 11.3. The van der Waals surface area contributed by atoms with Crippen LogP contribution in [-0.4, -0.2) is 26.7 Å². The molecule has 0 amide bonds. The molecule has 14 nitrogen and oxygen atoms in total. The van der Waals surface area contributed by atoms with Crippen LogP contribution in [0.3, 0.4) is 0 Å². The molecule has 0 bridgehead atoms. The van der Waals surface area contributed by atoms with E-state index < -0.39 is 53.3 Å². The second kappa shape index (κ2) is 7.35. The summed E-state index contributed by atoms with van der Waals surface area (Å²) in [6, 6.07) is 5.40. The lowest BCUT2D eigenvalue weighted by atomic mass is 10.0. The van der Waals surface area contributed by atoms with Crippen LogP contribution in [0.15, 0.2) is 36.4 Å². The first-order valence-electron chi connectivity index (χ1n) is 6.78. The third-order valence-electron chi connectivity index (χ3n) is 3.05. The lowest BCUT2D eigenvalue weighted by Gasteiger charge is -2.08. The third-order valence-corrected chi connectivity index (χ3v) is 3.90. The van der Waals surface area contributed by atoms with Crippen LogP contribution in [0.4, 0.5) is 11.4 Å². The van der Waals surface area contributed by atoms with Gasteiger partial charge in [-0.3, -0.25) is 20.2 Å². The largest absolute Gasteiger partial charge is 0.380 e. The van der Waals surface area contributed by atoms with Gasteiger partial charge in [-0.25, -0.2) is 0 Å². The molecule has 2 rings (SSSR count). The maximum Gasteiger partial charge on any atom is 0.380 e. The number of nitrogens with two attached hydrogens (primary N) is 2. The van der Waals surface area contributed by atoms with Gasteiger partial charge in [-0.15, -0.1) is 0 Å². The number of benzene rings is 2. The highest BCUT2D eigenvalue weighted by Crippen LogP contribution is 2.39. The van der Waals surface area contributed by atoms with Crippen LogP contribution >= 0.6 is 0 Å². The van der Waals surface area contributed by atoms with Crippen molar-refractivity contribution < 1.29 is 35.0 Å². The average molecular weight is 434 g/mol. The zero-order valence-corrected chi connectivity index (χ0v) is 15.0. The van der Waals surface area contributed by atoms with Crippen molar-refractivity contribution in [2.45, 2.75) is 0 Å². The Balaban J connectivity index is 2.66. The van der Waals surface area contributed by atoms with Crippen molar-refractivity contribution in [2.75, 3.05) is 0 Å². The van der Waals surface area contributed by atoms with Crippen molar-refractivity contribution in [2.24, 2.45) is 10.3 Å². The Morgan fingerprint density at radius 3 is 1.29 bits per heavy atom. The standard InChI is InChI=1S/C12H10N4O10S2/c13-27(21,22)25-7-1-3-9(11(5-7)15(17)18)10-4-2-8(26-28(14,23)24)6-12(10)16(19)20/h1-6H,(H2,13,21,22)(H2,14,23,24). The van der Waals surface area contributed by atoms with Crippen LogP contribution in [0.5, 0.6) is 11.5 Å². The predicted molar refractivity (Wildman–Crippen MR) is 92.7 cm³/mol. The fourth-order valence-corrected chi connectivity index (χ4v) is 2.90. The van der Waals surface area contributed by atoms with Crippen molar-refractivity contribution >= 4 is 32.0 Å². The lowest BCUT2D eigenvalue weighted by molar-refractivity contribution is -0.386. The number of hydrogen-bond donors (Lipinski definition) is 2. The molecule has 0 spiro atoms. The molecule has 0 heterocycles. The Morgan fingerprint density at radius 1 is 0.714 bits per heavy atom. The summed E-state index contributed by atoms with van der Waals surface area (Å²) in [4.78, 5) is 20.8. The summed E-state index contributed by atoms with van der Waals surface area (Å²) in [5.74, 6) is -0.982. The van der Waals surface area contributed by atoms with Crippen molar-refractivity contribution in [3.63, 3.8) is 0 Å². The first-order chi connectivity index (χ1) is 12.8. The van der Waals surface area contributed by atoms with Crippen LogP contribution < -0.4 is 18.6 Å². The average Bonchev–Trinajstić information content (AvgIpc) is 2.51. The van der Waals surface area contributed by atoms with E-state index in [0.29, 0.717) is 12.1 Å². The Labute approximate surface area is 157 Å². The van der Waals surface area contributed by atoms with Crippen molar-refractivity contribution in [1.29, 1.82) is 0 Å². The molecule has 0 aliphatic carbocycles. The van der Waals surface area contributed by atoms with Crippen LogP contribution in [0.1, 0.15) is 0 Å². The monoisotopic (exact) mass is 434 g/mol. The number of nitro benzene ring substituents is 2. The van der Waals surface area contributed by atoms with E-state index in [1.807, 2.05) is 0 Å². The van der Waals surface area contributed by atoms with Crippen molar-refractivity contribution in [1.82, 2.24) is 0 Å². The van der Waals surface area contributed by atoms with Gasteiger partial charge in [0, 0.05) is 0 Å². The molecule has 0 fully saturated rings. The van der Waals surface area contributed by atoms with Crippen LogP contribution in [-0.2, 0) is 20.6 Å². The fraction of sp³-hybridized carbons (Fsp3) is 0. The first-order valence-corrected chi connectivity index (χ1v) is 9.73. The Kier molecular flexibility index (Phi) is 5.50. The molecular formula is C12H10N4O10S2. The molecule has 0 unspecified atom stereocenters. The van der Waals surface area contributed by atoms with Gasteiger partial charge in [0.15, 0.2) is 11.5 Å². The van der Waals surface area contributed by atoms with E-state index in [1.54, 1.807) is 0 Å². The molecule has 0 radical (unpaired) electrons. The number of nitrogens with zero attached hydrogens (tertiary/aromatic N) is 2. The van der Waals surface area contributed by atoms with Gasteiger partial charge in [0.25, 0.3) is 11.4 Å². The van der Waals surface area contributed by atoms with Gasteiger partial charge >= 0.3 is 20.6 Å².